The lowest BCUT2D eigenvalue weighted by molar-refractivity contribution is 0.0953. The maximum Gasteiger partial charge on any atom is 0.216 e. The number of aromatic nitrogens is 3. The predicted octanol–water partition coefficient (Wildman–Crippen LogP) is -0.655. The van der Waals surface area contributed by atoms with Gasteiger partial charge >= 0.3 is 0 Å². The van der Waals surface area contributed by atoms with Gasteiger partial charge in [0.15, 0.2) is 5.82 Å². The zero-order chi connectivity index (χ0) is 8.43. The average Bonchev–Trinajstić information content (AvgIpc) is 2.33. The average molecular weight is 154 g/mol. The molecule has 5 nitrogen and oxygen atoms in total. The highest BCUT2D eigenvalue weighted by Crippen LogP contribution is 1.94. The molecule has 1 aromatic heterocycles. The Hall–Kier alpha value is -1.23. The van der Waals surface area contributed by atoms with Gasteiger partial charge in [-0.15, -0.1) is 0 Å². The molecule has 0 spiro atoms. The van der Waals surface area contributed by atoms with Crippen LogP contribution >= 0.6 is 0 Å². The maximum absolute atomic E-state index is 11.2. The molecule has 0 aliphatic heterocycles. The van der Waals surface area contributed by atoms with Crippen LogP contribution in [0.25, 0.3) is 0 Å². The van der Waals surface area contributed by atoms with E-state index < -0.39 is 6.04 Å². The molecule has 60 valence electrons. The summed E-state index contributed by atoms with van der Waals surface area (Å²) in [5.41, 5.74) is 5.37. The van der Waals surface area contributed by atoms with Gasteiger partial charge in [0.1, 0.15) is 6.33 Å². The van der Waals surface area contributed by atoms with Gasteiger partial charge in [0.2, 0.25) is 5.78 Å². The van der Waals surface area contributed by atoms with Gasteiger partial charge in [-0.05, 0) is 6.92 Å². The van der Waals surface area contributed by atoms with Crippen molar-refractivity contribution in [3.63, 3.8) is 0 Å². The minimum Gasteiger partial charge on any atom is -0.321 e. The zero-order valence-electron chi connectivity index (χ0n) is 6.48. The molecule has 0 amide bonds. The minimum atomic E-state index is -0.516. The van der Waals surface area contributed by atoms with Gasteiger partial charge in [-0.25, -0.2) is 9.67 Å². The summed E-state index contributed by atoms with van der Waals surface area (Å²) < 4.78 is 1.41. The van der Waals surface area contributed by atoms with Gasteiger partial charge in [0.25, 0.3) is 0 Å². The number of aryl methyl sites for hydroxylation is 1. The summed E-state index contributed by atoms with van der Waals surface area (Å²) >= 11 is 0. The molecule has 1 aromatic rings. The zero-order valence-corrected chi connectivity index (χ0v) is 6.48. The van der Waals surface area contributed by atoms with E-state index >= 15 is 0 Å². The molecule has 1 atom stereocenters. The lowest BCUT2D eigenvalue weighted by Crippen LogP contribution is -2.29. The smallest absolute Gasteiger partial charge is 0.216 e. The molecular weight excluding hydrogens is 144 g/mol. The van der Waals surface area contributed by atoms with E-state index in [1.54, 1.807) is 14.0 Å². The van der Waals surface area contributed by atoms with Gasteiger partial charge in [0.05, 0.1) is 6.04 Å². The van der Waals surface area contributed by atoms with Crippen molar-refractivity contribution in [3.05, 3.63) is 12.2 Å². The van der Waals surface area contributed by atoms with Crippen LogP contribution in [0.3, 0.4) is 0 Å². The van der Waals surface area contributed by atoms with Crippen LogP contribution in [-0.4, -0.2) is 26.6 Å². The van der Waals surface area contributed by atoms with Gasteiger partial charge in [-0.1, -0.05) is 0 Å². The van der Waals surface area contributed by atoms with Crippen molar-refractivity contribution in [2.24, 2.45) is 12.8 Å². The first-order valence-corrected chi connectivity index (χ1v) is 3.26. The lowest BCUT2D eigenvalue weighted by Gasteiger charge is -2.01. The van der Waals surface area contributed by atoms with Crippen LogP contribution in [0.15, 0.2) is 6.33 Å². The summed E-state index contributed by atoms with van der Waals surface area (Å²) in [6.45, 7) is 1.62. The number of ketones is 1. The molecule has 0 radical (unpaired) electrons. The Morgan fingerprint density at radius 3 is 2.82 bits per heavy atom. The molecule has 0 saturated heterocycles. The second-order valence-corrected chi connectivity index (χ2v) is 2.36. The highest BCUT2D eigenvalue weighted by Gasteiger charge is 2.15. The summed E-state index contributed by atoms with van der Waals surface area (Å²) in [6, 6.07) is -0.516. The fourth-order valence-electron chi connectivity index (χ4n) is 0.723. The Kier molecular flexibility index (Phi) is 2.00. The van der Waals surface area contributed by atoms with Crippen molar-refractivity contribution in [1.29, 1.82) is 0 Å². The van der Waals surface area contributed by atoms with Crippen molar-refractivity contribution in [2.45, 2.75) is 13.0 Å². The van der Waals surface area contributed by atoms with E-state index in [0.29, 0.717) is 5.82 Å². The Bertz CT molecular complexity index is 265. The number of carbonyl (C=O) groups excluding carboxylic acids is 1. The Labute approximate surface area is 64.2 Å². The predicted molar refractivity (Wildman–Crippen MR) is 39.0 cm³/mol. The molecule has 5 heteroatoms. The lowest BCUT2D eigenvalue weighted by atomic mass is 10.2. The minimum absolute atomic E-state index is 0.190. The molecule has 0 aliphatic rings. The van der Waals surface area contributed by atoms with E-state index in [0.717, 1.165) is 0 Å². The third kappa shape index (κ3) is 1.43. The second-order valence-electron chi connectivity index (χ2n) is 2.36. The molecule has 1 unspecified atom stereocenters. The quantitative estimate of drug-likeness (QED) is 0.574. The number of Topliss-reactive ketones (excluding diaryl/α,β-unsaturated/α-hetero) is 1. The van der Waals surface area contributed by atoms with Crippen LogP contribution in [0.2, 0.25) is 0 Å². The van der Waals surface area contributed by atoms with Crippen LogP contribution in [-0.2, 0) is 7.05 Å². The third-order valence-electron chi connectivity index (χ3n) is 1.35. The summed E-state index contributed by atoms with van der Waals surface area (Å²) in [5, 5.41) is 3.75. The van der Waals surface area contributed by atoms with Gasteiger partial charge in [0, 0.05) is 7.05 Å². The van der Waals surface area contributed by atoms with E-state index in [9.17, 15) is 4.79 Å². The van der Waals surface area contributed by atoms with E-state index in [4.69, 9.17) is 5.73 Å². The van der Waals surface area contributed by atoms with E-state index in [1.165, 1.54) is 11.0 Å². The first-order chi connectivity index (χ1) is 5.13. The number of rotatable bonds is 2. The highest BCUT2D eigenvalue weighted by atomic mass is 16.1. The molecule has 1 heterocycles. The van der Waals surface area contributed by atoms with E-state index in [2.05, 4.69) is 10.1 Å². The Morgan fingerprint density at radius 2 is 2.45 bits per heavy atom. The standard InChI is InChI=1S/C6H10N4O/c1-4(7)5(11)6-8-3-9-10(6)2/h3-4H,7H2,1-2H3. The topological polar surface area (TPSA) is 73.8 Å². The molecule has 0 bridgehead atoms. The molecule has 0 fully saturated rings. The number of hydrogen-bond donors (Lipinski definition) is 1. The van der Waals surface area contributed by atoms with Crippen LogP contribution in [0.4, 0.5) is 0 Å². The maximum atomic E-state index is 11.2. The molecule has 11 heavy (non-hydrogen) atoms. The fraction of sp³-hybridized carbons (Fsp3) is 0.500. The second kappa shape index (κ2) is 2.79. The van der Waals surface area contributed by atoms with Gasteiger partial charge in [-0.3, -0.25) is 4.79 Å². The van der Waals surface area contributed by atoms with Crippen molar-refractivity contribution >= 4 is 5.78 Å². The summed E-state index contributed by atoms with van der Waals surface area (Å²) in [7, 11) is 1.66. The van der Waals surface area contributed by atoms with E-state index in [-0.39, 0.29) is 5.78 Å². The molecule has 1 rings (SSSR count). The largest absolute Gasteiger partial charge is 0.321 e. The van der Waals surface area contributed by atoms with Crippen molar-refractivity contribution in [3.8, 4) is 0 Å². The summed E-state index contributed by atoms with van der Waals surface area (Å²) in [4.78, 5) is 14.9. The number of nitrogens with zero attached hydrogens (tertiary/aromatic N) is 3. The van der Waals surface area contributed by atoms with Gasteiger partial charge in [-0.2, -0.15) is 5.10 Å². The summed E-state index contributed by atoms with van der Waals surface area (Å²) in [6.07, 6.45) is 1.33. The Balaban J connectivity index is 2.93. The van der Waals surface area contributed by atoms with Crippen molar-refractivity contribution in [2.75, 3.05) is 0 Å². The number of hydrogen-bond acceptors (Lipinski definition) is 4. The summed E-state index contributed by atoms with van der Waals surface area (Å²) in [5.74, 6) is 0.116. The number of nitrogens with two attached hydrogens (primary N) is 1. The SMILES string of the molecule is CC(N)C(=O)c1ncnn1C. The monoisotopic (exact) mass is 154 g/mol. The van der Waals surface area contributed by atoms with Crippen molar-refractivity contribution in [1.82, 2.24) is 14.8 Å². The molecular formula is C6H10N4O. The van der Waals surface area contributed by atoms with Crippen LogP contribution in [0.1, 0.15) is 17.5 Å². The Morgan fingerprint density at radius 1 is 1.82 bits per heavy atom. The normalized spacial score (nSPS) is 13.0. The fourth-order valence-corrected chi connectivity index (χ4v) is 0.723. The third-order valence-corrected chi connectivity index (χ3v) is 1.35. The van der Waals surface area contributed by atoms with Crippen molar-refractivity contribution < 1.29 is 4.79 Å². The van der Waals surface area contributed by atoms with Crippen LogP contribution < -0.4 is 5.73 Å². The molecule has 0 aliphatic carbocycles. The first kappa shape index (κ1) is 7.87. The van der Waals surface area contributed by atoms with E-state index in [1.807, 2.05) is 0 Å². The van der Waals surface area contributed by atoms with Gasteiger partial charge < -0.3 is 5.73 Å². The van der Waals surface area contributed by atoms with Crippen LogP contribution in [0.5, 0.6) is 0 Å². The molecule has 0 saturated carbocycles. The first-order valence-electron chi connectivity index (χ1n) is 3.26. The molecule has 2 N–H and O–H groups in total. The number of carbonyl (C=O) groups is 1. The molecule has 0 aromatic carbocycles. The highest BCUT2D eigenvalue weighted by molar-refractivity contribution is 5.96. The van der Waals surface area contributed by atoms with Crippen LogP contribution in [0, 0.1) is 0 Å².